The molecule has 1 heterocycles. The van der Waals surface area contributed by atoms with Crippen LogP contribution in [0.25, 0.3) is 0 Å². The lowest BCUT2D eigenvalue weighted by Gasteiger charge is -2.35. The summed E-state index contributed by atoms with van der Waals surface area (Å²) in [5.41, 5.74) is 2.49. The van der Waals surface area contributed by atoms with Crippen LogP contribution in [0, 0.1) is 6.92 Å². The van der Waals surface area contributed by atoms with Crippen LogP contribution >= 0.6 is 0 Å². The molecule has 1 saturated heterocycles. The van der Waals surface area contributed by atoms with Crippen molar-refractivity contribution in [2.45, 2.75) is 45.8 Å². The van der Waals surface area contributed by atoms with Crippen molar-refractivity contribution in [2.75, 3.05) is 13.1 Å². The molecule has 0 aromatic heterocycles. The number of morpholine rings is 1. The van der Waals surface area contributed by atoms with E-state index in [0.29, 0.717) is 6.42 Å². The second kappa shape index (κ2) is 6.20. The molecule has 1 fully saturated rings. The van der Waals surface area contributed by atoms with E-state index in [1.54, 1.807) is 0 Å². The maximum Gasteiger partial charge on any atom is 0.223 e. The van der Waals surface area contributed by atoms with E-state index in [9.17, 15) is 4.79 Å². The van der Waals surface area contributed by atoms with Crippen LogP contribution in [0.1, 0.15) is 31.4 Å². The molecule has 1 amide bonds. The first kappa shape index (κ1) is 14.1. The zero-order valence-corrected chi connectivity index (χ0v) is 12.1. The van der Waals surface area contributed by atoms with E-state index in [4.69, 9.17) is 4.74 Å². The average Bonchev–Trinajstić information content (AvgIpc) is 2.36. The summed E-state index contributed by atoms with van der Waals surface area (Å²) < 4.78 is 5.65. The molecule has 2 atom stereocenters. The van der Waals surface area contributed by atoms with Gasteiger partial charge in [-0.05, 0) is 32.8 Å². The van der Waals surface area contributed by atoms with Crippen molar-refractivity contribution in [1.82, 2.24) is 4.90 Å². The average molecular weight is 261 g/mol. The van der Waals surface area contributed by atoms with Gasteiger partial charge in [-0.15, -0.1) is 0 Å². The number of hydrogen-bond donors (Lipinski definition) is 0. The molecule has 1 aromatic rings. The molecule has 104 valence electrons. The smallest absolute Gasteiger partial charge is 0.223 e. The van der Waals surface area contributed by atoms with E-state index in [2.05, 4.69) is 31.2 Å². The van der Waals surface area contributed by atoms with Crippen molar-refractivity contribution in [2.24, 2.45) is 0 Å². The minimum atomic E-state index is 0.145. The molecule has 19 heavy (non-hydrogen) atoms. The van der Waals surface area contributed by atoms with Crippen LogP contribution in [0.15, 0.2) is 24.3 Å². The van der Waals surface area contributed by atoms with Gasteiger partial charge in [-0.1, -0.05) is 29.8 Å². The fourth-order valence-electron chi connectivity index (χ4n) is 2.55. The topological polar surface area (TPSA) is 29.5 Å². The Hall–Kier alpha value is -1.35. The zero-order chi connectivity index (χ0) is 13.8. The monoisotopic (exact) mass is 261 g/mol. The van der Waals surface area contributed by atoms with Crippen molar-refractivity contribution in [3.05, 3.63) is 35.4 Å². The first-order valence-corrected chi connectivity index (χ1v) is 7.03. The number of ether oxygens (including phenoxy) is 1. The SMILES string of the molecule is Cc1ccc(CCC(=O)N2CC(C)OC(C)C2)cc1. The van der Waals surface area contributed by atoms with Crippen LogP contribution in [-0.4, -0.2) is 36.1 Å². The summed E-state index contributed by atoms with van der Waals surface area (Å²) in [7, 11) is 0. The number of nitrogens with zero attached hydrogens (tertiary/aromatic N) is 1. The fraction of sp³-hybridized carbons (Fsp3) is 0.562. The van der Waals surface area contributed by atoms with Crippen molar-refractivity contribution in [3.8, 4) is 0 Å². The maximum absolute atomic E-state index is 12.2. The Morgan fingerprint density at radius 2 is 1.79 bits per heavy atom. The molecule has 0 spiro atoms. The van der Waals surface area contributed by atoms with Crippen LogP contribution < -0.4 is 0 Å². The fourth-order valence-corrected chi connectivity index (χ4v) is 2.55. The van der Waals surface area contributed by atoms with Crippen LogP contribution in [0.5, 0.6) is 0 Å². The second-order valence-corrected chi connectivity index (χ2v) is 5.54. The Morgan fingerprint density at radius 3 is 2.37 bits per heavy atom. The van der Waals surface area contributed by atoms with Gasteiger partial charge in [0.15, 0.2) is 0 Å². The van der Waals surface area contributed by atoms with Gasteiger partial charge in [-0.3, -0.25) is 4.79 Å². The lowest BCUT2D eigenvalue weighted by molar-refractivity contribution is -0.143. The van der Waals surface area contributed by atoms with Gasteiger partial charge < -0.3 is 9.64 Å². The largest absolute Gasteiger partial charge is 0.372 e. The van der Waals surface area contributed by atoms with E-state index in [1.807, 2.05) is 18.7 Å². The van der Waals surface area contributed by atoms with Gasteiger partial charge >= 0.3 is 0 Å². The summed E-state index contributed by atoms with van der Waals surface area (Å²) in [5.74, 6) is 0.238. The number of aryl methyl sites for hydroxylation is 2. The minimum absolute atomic E-state index is 0.145. The minimum Gasteiger partial charge on any atom is -0.372 e. The summed E-state index contributed by atoms with van der Waals surface area (Å²) in [6, 6.07) is 8.40. The molecule has 1 aliphatic heterocycles. The number of hydrogen-bond acceptors (Lipinski definition) is 2. The van der Waals surface area contributed by atoms with Gasteiger partial charge in [0.2, 0.25) is 5.91 Å². The summed E-state index contributed by atoms with van der Waals surface area (Å²) >= 11 is 0. The second-order valence-electron chi connectivity index (χ2n) is 5.54. The lowest BCUT2D eigenvalue weighted by atomic mass is 10.1. The van der Waals surface area contributed by atoms with Crippen molar-refractivity contribution < 1.29 is 9.53 Å². The molecule has 1 aliphatic rings. The molecule has 0 bridgehead atoms. The van der Waals surface area contributed by atoms with E-state index >= 15 is 0 Å². The highest BCUT2D eigenvalue weighted by atomic mass is 16.5. The molecule has 0 saturated carbocycles. The number of benzene rings is 1. The Kier molecular flexibility index (Phi) is 4.59. The Morgan fingerprint density at radius 1 is 1.21 bits per heavy atom. The number of rotatable bonds is 3. The van der Waals surface area contributed by atoms with Crippen LogP contribution in [0.2, 0.25) is 0 Å². The third-order valence-electron chi connectivity index (χ3n) is 3.52. The van der Waals surface area contributed by atoms with Crippen LogP contribution in [0.3, 0.4) is 0 Å². The molecule has 0 aliphatic carbocycles. The number of carbonyl (C=O) groups excluding carboxylic acids is 1. The molecule has 2 rings (SSSR count). The van der Waals surface area contributed by atoms with Crippen molar-refractivity contribution >= 4 is 5.91 Å². The summed E-state index contributed by atoms with van der Waals surface area (Å²) in [5, 5.41) is 0. The van der Waals surface area contributed by atoms with Gasteiger partial charge in [0.05, 0.1) is 12.2 Å². The molecule has 2 unspecified atom stereocenters. The lowest BCUT2D eigenvalue weighted by Crippen LogP contribution is -2.48. The molecule has 3 heteroatoms. The highest BCUT2D eigenvalue weighted by Gasteiger charge is 2.25. The maximum atomic E-state index is 12.2. The quantitative estimate of drug-likeness (QED) is 0.837. The van der Waals surface area contributed by atoms with Gasteiger partial charge in [0.25, 0.3) is 0 Å². The van der Waals surface area contributed by atoms with E-state index in [1.165, 1.54) is 11.1 Å². The molecular formula is C16H23NO2. The first-order chi connectivity index (χ1) is 9.04. The molecule has 0 radical (unpaired) electrons. The number of amides is 1. The van der Waals surface area contributed by atoms with E-state index in [-0.39, 0.29) is 18.1 Å². The van der Waals surface area contributed by atoms with Crippen LogP contribution in [-0.2, 0) is 16.0 Å². The molecular weight excluding hydrogens is 238 g/mol. The van der Waals surface area contributed by atoms with Gasteiger partial charge in [0.1, 0.15) is 0 Å². The highest BCUT2D eigenvalue weighted by Crippen LogP contribution is 2.13. The molecule has 3 nitrogen and oxygen atoms in total. The Balaban J connectivity index is 1.85. The zero-order valence-electron chi connectivity index (χ0n) is 12.1. The van der Waals surface area contributed by atoms with Gasteiger partial charge in [-0.2, -0.15) is 0 Å². The highest BCUT2D eigenvalue weighted by molar-refractivity contribution is 5.76. The van der Waals surface area contributed by atoms with E-state index in [0.717, 1.165) is 19.5 Å². The summed E-state index contributed by atoms with van der Waals surface area (Å²) in [4.78, 5) is 14.1. The summed E-state index contributed by atoms with van der Waals surface area (Å²) in [6.07, 6.45) is 1.70. The van der Waals surface area contributed by atoms with Crippen molar-refractivity contribution in [3.63, 3.8) is 0 Å². The summed E-state index contributed by atoms with van der Waals surface area (Å²) in [6.45, 7) is 7.56. The number of carbonyl (C=O) groups is 1. The van der Waals surface area contributed by atoms with Crippen LogP contribution in [0.4, 0.5) is 0 Å². The normalized spacial score (nSPS) is 23.4. The molecule has 1 aromatic carbocycles. The van der Waals surface area contributed by atoms with E-state index < -0.39 is 0 Å². The predicted octanol–water partition coefficient (Wildman–Crippen LogP) is 2.56. The third-order valence-corrected chi connectivity index (χ3v) is 3.52. The predicted molar refractivity (Wildman–Crippen MR) is 76.1 cm³/mol. The Bertz CT molecular complexity index is 417. The molecule has 0 N–H and O–H groups in total. The third kappa shape index (κ3) is 4.06. The van der Waals surface area contributed by atoms with Crippen molar-refractivity contribution in [1.29, 1.82) is 0 Å². The standard InChI is InChI=1S/C16H23NO2/c1-12-4-6-15(7-5-12)8-9-16(18)17-10-13(2)19-14(3)11-17/h4-7,13-14H,8-11H2,1-3H3. The van der Waals surface area contributed by atoms with Gasteiger partial charge in [0, 0.05) is 19.5 Å². The first-order valence-electron chi connectivity index (χ1n) is 7.03. The van der Waals surface area contributed by atoms with Gasteiger partial charge in [-0.25, -0.2) is 0 Å². The Labute approximate surface area is 115 Å².